The van der Waals surface area contributed by atoms with E-state index in [4.69, 9.17) is 33.7 Å². The highest BCUT2D eigenvalue weighted by Gasteiger charge is 2.48. The number of benzene rings is 1. The molecule has 6 nitrogen and oxygen atoms in total. The van der Waals surface area contributed by atoms with Crippen molar-refractivity contribution in [2.45, 2.75) is 73.5 Å². The van der Waals surface area contributed by atoms with Gasteiger partial charge in [-0.1, -0.05) is 77.7 Å². The Bertz CT molecular complexity index is 1280. The molecule has 2 aliphatic rings. The first-order chi connectivity index (χ1) is 17.1. The van der Waals surface area contributed by atoms with Gasteiger partial charge >= 0.3 is 5.97 Å². The van der Waals surface area contributed by atoms with Crippen LogP contribution in [0.3, 0.4) is 0 Å². The van der Waals surface area contributed by atoms with Gasteiger partial charge < -0.3 is 10.5 Å². The van der Waals surface area contributed by atoms with Gasteiger partial charge in [-0.3, -0.25) is 9.36 Å². The third-order valence-electron chi connectivity index (χ3n) is 7.91. The Labute approximate surface area is 229 Å². The standard InChI is InChI=1S/C29H37Cl2N3O3/c1-15-10-18(28(2,3)4)26(19(11-15)29(5,6)7)37-27(36)17-13-23-33-22(32)14-24(35)34(23)25(17)16-8-9-20(30)21(31)12-16/h8-9,12-15,18-19,25-26H,10-11,32H2,1-7H3. The molecule has 2 heterocycles. The van der Waals surface area contributed by atoms with Crippen LogP contribution in [0.25, 0.3) is 6.08 Å². The molecule has 1 aliphatic heterocycles. The lowest BCUT2D eigenvalue weighted by Crippen LogP contribution is -2.49. The number of halogens is 2. The minimum absolute atomic E-state index is 0.0494. The molecule has 0 amide bonds. The molecule has 8 heteroatoms. The van der Waals surface area contributed by atoms with Crippen molar-refractivity contribution in [3.05, 3.63) is 61.6 Å². The molecule has 1 fully saturated rings. The van der Waals surface area contributed by atoms with Gasteiger partial charge in [0.1, 0.15) is 17.7 Å². The quantitative estimate of drug-likeness (QED) is 0.429. The molecule has 0 spiro atoms. The SMILES string of the molecule is CC1CC(C(C)(C)C)C(OC(=O)C2=Cc3nc(N)cc(=O)n3C2c2ccc(Cl)c(Cl)c2)C(C(C)(C)C)C1. The van der Waals surface area contributed by atoms with Crippen molar-refractivity contribution in [2.75, 3.05) is 5.73 Å². The van der Waals surface area contributed by atoms with Crippen LogP contribution in [0, 0.1) is 28.6 Å². The molecule has 0 bridgehead atoms. The second-order valence-electron chi connectivity index (χ2n) is 12.8. The molecule has 3 unspecified atom stereocenters. The predicted molar refractivity (Wildman–Crippen MR) is 150 cm³/mol. The first-order valence-corrected chi connectivity index (χ1v) is 13.6. The van der Waals surface area contributed by atoms with E-state index >= 15 is 0 Å². The van der Waals surface area contributed by atoms with Gasteiger partial charge in [0.15, 0.2) is 0 Å². The zero-order valence-electron chi connectivity index (χ0n) is 22.6. The van der Waals surface area contributed by atoms with E-state index in [1.54, 1.807) is 24.3 Å². The van der Waals surface area contributed by atoms with Crippen LogP contribution in [-0.4, -0.2) is 21.6 Å². The molecule has 1 saturated carbocycles. The Hall–Kier alpha value is -2.31. The van der Waals surface area contributed by atoms with Gasteiger partial charge in [0.2, 0.25) is 0 Å². The molecule has 1 aliphatic carbocycles. The smallest absolute Gasteiger partial charge is 0.336 e. The zero-order valence-corrected chi connectivity index (χ0v) is 24.2. The lowest BCUT2D eigenvalue weighted by Gasteiger charge is -2.50. The maximum absolute atomic E-state index is 14.0. The highest BCUT2D eigenvalue weighted by atomic mass is 35.5. The first-order valence-electron chi connectivity index (χ1n) is 12.8. The number of aromatic nitrogens is 2. The summed E-state index contributed by atoms with van der Waals surface area (Å²) in [6.45, 7) is 15.6. The minimum atomic E-state index is -0.749. The molecule has 2 N–H and O–H groups in total. The number of hydrogen-bond acceptors (Lipinski definition) is 5. The number of nitrogen functional groups attached to an aromatic ring is 1. The van der Waals surface area contributed by atoms with Gasteiger partial charge in [-0.25, -0.2) is 9.78 Å². The van der Waals surface area contributed by atoms with Crippen molar-refractivity contribution < 1.29 is 9.53 Å². The fourth-order valence-electron chi connectivity index (χ4n) is 5.99. The van der Waals surface area contributed by atoms with Crippen molar-refractivity contribution in [3.8, 4) is 0 Å². The number of nitrogens with zero attached hydrogens (tertiary/aromatic N) is 2. The van der Waals surface area contributed by atoms with E-state index in [0.717, 1.165) is 12.8 Å². The van der Waals surface area contributed by atoms with Gasteiger partial charge in [-0.05, 0) is 53.4 Å². The second kappa shape index (κ2) is 9.77. The number of anilines is 1. The van der Waals surface area contributed by atoms with Gasteiger partial charge in [0.25, 0.3) is 5.56 Å². The number of hydrogen-bond donors (Lipinski definition) is 1. The van der Waals surface area contributed by atoms with Gasteiger partial charge in [0, 0.05) is 17.9 Å². The van der Waals surface area contributed by atoms with E-state index in [1.807, 2.05) is 0 Å². The number of fused-ring (bicyclic) bond motifs is 1. The summed E-state index contributed by atoms with van der Waals surface area (Å²) in [4.78, 5) is 31.4. The summed E-state index contributed by atoms with van der Waals surface area (Å²) in [5.74, 6) is 0.861. The molecule has 1 aromatic carbocycles. The lowest BCUT2D eigenvalue weighted by molar-refractivity contribution is -0.165. The van der Waals surface area contributed by atoms with Crippen LogP contribution in [0.1, 0.15) is 78.7 Å². The summed E-state index contributed by atoms with van der Waals surface area (Å²) in [5.41, 5.74) is 6.38. The Morgan fingerprint density at radius 3 is 2.16 bits per heavy atom. The van der Waals surface area contributed by atoms with Crippen LogP contribution in [0.15, 0.2) is 34.6 Å². The van der Waals surface area contributed by atoms with Crippen LogP contribution >= 0.6 is 23.2 Å². The van der Waals surface area contributed by atoms with Crippen LogP contribution < -0.4 is 11.3 Å². The maximum atomic E-state index is 14.0. The van der Waals surface area contributed by atoms with E-state index in [9.17, 15) is 9.59 Å². The van der Waals surface area contributed by atoms with E-state index in [1.165, 1.54) is 10.6 Å². The third kappa shape index (κ3) is 5.46. The fourth-order valence-corrected chi connectivity index (χ4v) is 6.29. The fraction of sp³-hybridized carbons (Fsp3) is 0.552. The highest BCUT2D eigenvalue weighted by molar-refractivity contribution is 6.42. The van der Waals surface area contributed by atoms with Gasteiger partial charge in [0.05, 0.1) is 21.7 Å². The molecule has 2 aromatic rings. The number of esters is 1. The molecule has 1 aromatic heterocycles. The third-order valence-corrected chi connectivity index (χ3v) is 8.64. The number of rotatable bonds is 3. The molecule has 37 heavy (non-hydrogen) atoms. The van der Waals surface area contributed by atoms with E-state index in [0.29, 0.717) is 32.9 Å². The Morgan fingerprint density at radius 2 is 1.62 bits per heavy atom. The molecular weight excluding hydrogens is 509 g/mol. The minimum Gasteiger partial charge on any atom is -0.458 e. The highest BCUT2D eigenvalue weighted by Crippen LogP contribution is 2.50. The van der Waals surface area contributed by atoms with Crippen LogP contribution in [0.5, 0.6) is 0 Å². The van der Waals surface area contributed by atoms with Gasteiger partial charge in [-0.15, -0.1) is 0 Å². The van der Waals surface area contributed by atoms with Gasteiger partial charge in [-0.2, -0.15) is 0 Å². The summed E-state index contributed by atoms with van der Waals surface area (Å²) >= 11 is 12.5. The van der Waals surface area contributed by atoms with Crippen LogP contribution in [-0.2, 0) is 9.53 Å². The topological polar surface area (TPSA) is 87.2 Å². The Morgan fingerprint density at radius 1 is 1.03 bits per heavy atom. The monoisotopic (exact) mass is 545 g/mol. The molecule has 200 valence electrons. The van der Waals surface area contributed by atoms with Crippen LogP contribution in [0.2, 0.25) is 10.0 Å². The average molecular weight is 547 g/mol. The Balaban J connectivity index is 1.78. The van der Waals surface area contributed by atoms with Crippen molar-refractivity contribution >= 4 is 41.1 Å². The van der Waals surface area contributed by atoms with Crippen LogP contribution in [0.4, 0.5) is 5.82 Å². The summed E-state index contributed by atoms with van der Waals surface area (Å²) in [6.07, 6.45) is 3.32. The van der Waals surface area contributed by atoms with Crippen molar-refractivity contribution in [1.82, 2.24) is 9.55 Å². The van der Waals surface area contributed by atoms with E-state index in [-0.39, 0.29) is 40.1 Å². The van der Waals surface area contributed by atoms with E-state index in [2.05, 4.69) is 53.5 Å². The first kappa shape index (κ1) is 27.7. The van der Waals surface area contributed by atoms with Crippen molar-refractivity contribution in [2.24, 2.45) is 28.6 Å². The number of ether oxygens (including phenoxy) is 1. The summed E-state index contributed by atoms with van der Waals surface area (Å²) in [7, 11) is 0. The molecule has 0 saturated heterocycles. The summed E-state index contributed by atoms with van der Waals surface area (Å²) in [6, 6.07) is 5.59. The summed E-state index contributed by atoms with van der Waals surface area (Å²) in [5, 5.41) is 0.718. The largest absolute Gasteiger partial charge is 0.458 e. The average Bonchev–Trinajstić information content (AvgIpc) is 3.15. The molecule has 4 rings (SSSR count). The second-order valence-corrected chi connectivity index (χ2v) is 13.6. The molecule has 0 radical (unpaired) electrons. The molecule has 3 atom stereocenters. The van der Waals surface area contributed by atoms with E-state index < -0.39 is 12.0 Å². The number of nitrogens with two attached hydrogens (primary N) is 1. The summed E-state index contributed by atoms with van der Waals surface area (Å²) < 4.78 is 7.92. The Kier molecular flexibility index (Phi) is 7.32. The number of carbonyl (C=O) groups is 1. The normalized spacial score (nSPS) is 26.0. The number of carbonyl (C=O) groups excluding carboxylic acids is 1. The maximum Gasteiger partial charge on any atom is 0.336 e. The van der Waals surface area contributed by atoms with Crippen molar-refractivity contribution in [1.29, 1.82) is 0 Å². The lowest BCUT2D eigenvalue weighted by atomic mass is 9.59. The molecular formula is C29H37Cl2N3O3. The van der Waals surface area contributed by atoms with Crippen molar-refractivity contribution in [3.63, 3.8) is 0 Å². The zero-order chi connectivity index (χ0) is 27.4. The predicted octanol–water partition coefficient (Wildman–Crippen LogP) is 6.79.